The Hall–Kier alpha value is -2.00. The van der Waals surface area contributed by atoms with Gasteiger partial charge in [0.05, 0.1) is 12.2 Å². The standard InChI is InChI=1S/C16H16O3/c17-13-5-1-3-11(9-13)15-7-8-16(19-15)12-4-2-6-14(18)10-12/h1-6,9-10,15-18H,7-8H2/t15-,16-/m1/s1. The quantitative estimate of drug-likeness (QED) is 0.861. The number of ether oxygens (including phenoxy) is 1. The molecule has 1 aliphatic rings. The van der Waals surface area contributed by atoms with Gasteiger partial charge in [-0.3, -0.25) is 0 Å². The molecule has 3 heteroatoms. The van der Waals surface area contributed by atoms with E-state index in [1.165, 1.54) is 0 Å². The number of hydrogen-bond donors (Lipinski definition) is 2. The van der Waals surface area contributed by atoms with Crippen molar-refractivity contribution < 1.29 is 14.9 Å². The van der Waals surface area contributed by atoms with Gasteiger partial charge >= 0.3 is 0 Å². The van der Waals surface area contributed by atoms with Crippen LogP contribution in [-0.4, -0.2) is 10.2 Å². The average molecular weight is 256 g/mol. The maximum Gasteiger partial charge on any atom is 0.115 e. The zero-order valence-corrected chi connectivity index (χ0v) is 10.5. The van der Waals surface area contributed by atoms with Crippen molar-refractivity contribution in [2.75, 3.05) is 0 Å². The third-order valence-electron chi connectivity index (χ3n) is 3.50. The molecule has 2 atom stereocenters. The van der Waals surface area contributed by atoms with Crippen LogP contribution in [0.15, 0.2) is 48.5 Å². The van der Waals surface area contributed by atoms with Crippen molar-refractivity contribution in [3.05, 3.63) is 59.7 Å². The van der Waals surface area contributed by atoms with E-state index in [4.69, 9.17) is 4.74 Å². The van der Waals surface area contributed by atoms with Gasteiger partial charge in [0.1, 0.15) is 11.5 Å². The van der Waals surface area contributed by atoms with Gasteiger partial charge in [-0.25, -0.2) is 0 Å². The topological polar surface area (TPSA) is 49.7 Å². The average Bonchev–Trinajstić information content (AvgIpc) is 2.88. The van der Waals surface area contributed by atoms with Crippen molar-refractivity contribution in [2.24, 2.45) is 0 Å². The number of phenols is 2. The maximum atomic E-state index is 9.50. The van der Waals surface area contributed by atoms with E-state index in [2.05, 4.69) is 0 Å². The van der Waals surface area contributed by atoms with Crippen molar-refractivity contribution in [1.82, 2.24) is 0 Å². The highest BCUT2D eigenvalue weighted by atomic mass is 16.5. The Labute approximate surface area is 112 Å². The Morgan fingerprint density at radius 1 is 0.789 bits per heavy atom. The highest BCUT2D eigenvalue weighted by Crippen LogP contribution is 2.41. The third-order valence-corrected chi connectivity index (χ3v) is 3.50. The second kappa shape index (κ2) is 4.94. The van der Waals surface area contributed by atoms with Gasteiger partial charge in [0, 0.05) is 0 Å². The van der Waals surface area contributed by atoms with Crippen molar-refractivity contribution in [2.45, 2.75) is 25.0 Å². The van der Waals surface area contributed by atoms with Crippen LogP contribution in [0.4, 0.5) is 0 Å². The van der Waals surface area contributed by atoms with E-state index >= 15 is 0 Å². The first-order valence-electron chi connectivity index (χ1n) is 6.46. The van der Waals surface area contributed by atoms with Gasteiger partial charge in [-0.2, -0.15) is 0 Å². The molecule has 1 fully saturated rings. The van der Waals surface area contributed by atoms with Gasteiger partial charge in [0.25, 0.3) is 0 Å². The summed E-state index contributed by atoms with van der Waals surface area (Å²) in [5, 5.41) is 19.0. The molecule has 2 aromatic rings. The first-order valence-corrected chi connectivity index (χ1v) is 6.46. The van der Waals surface area contributed by atoms with Crippen LogP contribution in [0.2, 0.25) is 0 Å². The molecule has 2 N–H and O–H groups in total. The van der Waals surface area contributed by atoms with E-state index in [1.807, 2.05) is 24.3 Å². The minimum absolute atomic E-state index is 0.0134. The van der Waals surface area contributed by atoms with E-state index in [-0.39, 0.29) is 23.7 Å². The lowest BCUT2D eigenvalue weighted by atomic mass is 10.0. The molecule has 0 amide bonds. The highest BCUT2D eigenvalue weighted by Gasteiger charge is 2.27. The Morgan fingerprint density at radius 2 is 1.26 bits per heavy atom. The molecule has 0 bridgehead atoms. The van der Waals surface area contributed by atoms with Gasteiger partial charge in [-0.15, -0.1) is 0 Å². The fraction of sp³-hybridized carbons (Fsp3) is 0.250. The lowest BCUT2D eigenvalue weighted by molar-refractivity contribution is 0.0439. The molecule has 2 aromatic carbocycles. The van der Waals surface area contributed by atoms with Gasteiger partial charge in [-0.1, -0.05) is 24.3 Å². The van der Waals surface area contributed by atoms with Crippen molar-refractivity contribution in [3.8, 4) is 11.5 Å². The summed E-state index contributed by atoms with van der Waals surface area (Å²) in [5.41, 5.74) is 2.00. The summed E-state index contributed by atoms with van der Waals surface area (Å²) in [5.74, 6) is 0.531. The molecule has 0 radical (unpaired) electrons. The fourth-order valence-electron chi connectivity index (χ4n) is 2.58. The number of aromatic hydroxyl groups is 2. The zero-order chi connectivity index (χ0) is 13.2. The third kappa shape index (κ3) is 2.56. The lowest BCUT2D eigenvalue weighted by Gasteiger charge is -2.14. The van der Waals surface area contributed by atoms with Gasteiger partial charge in [0.15, 0.2) is 0 Å². The van der Waals surface area contributed by atoms with Crippen LogP contribution in [-0.2, 0) is 4.74 Å². The van der Waals surface area contributed by atoms with Gasteiger partial charge < -0.3 is 14.9 Å². The molecule has 0 aromatic heterocycles. The summed E-state index contributed by atoms with van der Waals surface area (Å²) in [6.45, 7) is 0. The zero-order valence-electron chi connectivity index (χ0n) is 10.5. The van der Waals surface area contributed by atoms with Gasteiger partial charge in [-0.05, 0) is 48.2 Å². The monoisotopic (exact) mass is 256 g/mol. The van der Waals surface area contributed by atoms with E-state index < -0.39 is 0 Å². The molecule has 1 aliphatic heterocycles. The summed E-state index contributed by atoms with van der Waals surface area (Å²) < 4.78 is 6.02. The Balaban J connectivity index is 1.77. The molecule has 98 valence electrons. The number of benzene rings is 2. The smallest absolute Gasteiger partial charge is 0.115 e. The highest BCUT2D eigenvalue weighted by molar-refractivity contribution is 5.31. The lowest BCUT2D eigenvalue weighted by Crippen LogP contribution is -1.99. The van der Waals surface area contributed by atoms with E-state index in [1.54, 1.807) is 24.3 Å². The van der Waals surface area contributed by atoms with Gasteiger partial charge in [0.2, 0.25) is 0 Å². The molecule has 0 saturated carbocycles. The van der Waals surface area contributed by atoms with Crippen molar-refractivity contribution in [3.63, 3.8) is 0 Å². The molecular formula is C16H16O3. The predicted octanol–water partition coefficient (Wildman–Crippen LogP) is 3.69. The second-order valence-electron chi connectivity index (χ2n) is 4.88. The molecule has 0 unspecified atom stereocenters. The number of rotatable bonds is 2. The summed E-state index contributed by atoms with van der Waals surface area (Å²) in [7, 11) is 0. The normalized spacial score (nSPS) is 22.5. The Bertz CT molecular complexity index is 528. The van der Waals surface area contributed by atoms with Crippen molar-refractivity contribution in [1.29, 1.82) is 0 Å². The minimum atomic E-state index is 0.0134. The van der Waals surface area contributed by atoms with Crippen LogP contribution in [0.25, 0.3) is 0 Å². The molecule has 1 heterocycles. The first kappa shape index (κ1) is 12.1. The predicted molar refractivity (Wildman–Crippen MR) is 72.0 cm³/mol. The van der Waals surface area contributed by atoms with Crippen LogP contribution in [0.3, 0.4) is 0 Å². The maximum absolute atomic E-state index is 9.50. The Kier molecular flexibility index (Phi) is 3.13. The second-order valence-corrected chi connectivity index (χ2v) is 4.88. The summed E-state index contributed by atoms with van der Waals surface area (Å²) in [4.78, 5) is 0. The van der Waals surface area contributed by atoms with Crippen LogP contribution in [0, 0.1) is 0 Å². The molecule has 3 nitrogen and oxygen atoms in total. The van der Waals surface area contributed by atoms with Crippen LogP contribution < -0.4 is 0 Å². The Morgan fingerprint density at radius 3 is 1.68 bits per heavy atom. The molecule has 1 saturated heterocycles. The fourth-order valence-corrected chi connectivity index (χ4v) is 2.58. The first-order chi connectivity index (χ1) is 9.22. The summed E-state index contributed by atoms with van der Waals surface area (Å²) in [6, 6.07) is 14.4. The molecule has 3 rings (SSSR count). The minimum Gasteiger partial charge on any atom is -0.508 e. The number of hydrogen-bond acceptors (Lipinski definition) is 3. The molecule has 19 heavy (non-hydrogen) atoms. The molecule has 0 spiro atoms. The van der Waals surface area contributed by atoms with E-state index in [0.29, 0.717) is 0 Å². The molecule has 0 aliphatic carbocycles. The van der Waals surface area contributed by atoms with E-state index in [9.17, 15) is 10.2 Å². The van der Waals surface area contributed by atoms with Crippen LogP contribution in [0.5, 0.6) is 11.5 Å². The SMILES string of the molecule is Oc1cccc([C@H]2CC[C@H](c3cccc(O)c3)O2)c1. The summed E-state index contributed by atoms with van der Waals surface area (Å²) in [6.07, 6.45) is 1.87. The molecular weight excluding hydrogens is 240 g/mol. The van der Waals surface area contributed by atoms with Crippen molar-refractivity contribution >= 4 is 0 Å². The summed E-state index contributed by atoms with van der Waals surface area (Å²) >= 11 is 0. The van der Waals surface area contributed by atoms with Crippen LogP contribution in [0.1, 0.15) is 36.2 Å². The largest absolute Gasteiger partial charge is 0.508 e. The van der Waals surface area contributed by atoms with Crippen LogP contribution >= 0.6 is 0 Å². The van der Waals surface area contributed by atoms with E-state index in [0.717, 1.165) is 24.0 Å². The number of phenolic OH excluding ortho intramolecular Hbond substituents is 2.